The Morgan fingerprint density at radius 1 is 1.24 bits per heavy atom. The van der Waals surface area contributed by atoms with Gasteiger partial charge in [-0.05, 0) is 12.1 Å². The van der Waals surface area contributed by atoms with E-state index in [1.165, 1.54) is 24.3 Å². The first kappa shape index (κ1) is 11.7. The zero-order valence-corrected chi connectivity index (χ0v) is 8.65. The van der Waals surface area contributed by atoms with Crippen molar-refractivity contribution in [1.82, 2.24) is 0 Å². The van der Waals surface area contributed by atoms with E-state index in [-0.39, 0.29) is 18.8 Å². The van der Waals surface area contributed by atoms with Gasteiger partial charge in [0.25, 0.3) is 5.69 Å². The van der Waals surface area contributed by atoms with Crippen molar-refractivity contribution in [3.63, 3.8) is 0 Å². The van der Waals surface area contributed by atoms with Crippen molar-refractivity contribution in [2.75, 3.05) is 18.0 Å². The van der Waals surface area contributed by atoms with E-state index in [0.717, 1.165) is 0 Å². The third kappa shape index (κ3) is 2.32. The number of nitrogens with zero attached hydrogens (tertiary/aromatic N) is 2. The third-order valence-corrected chi connectivity index (χ3v) is 2.77. The number of nitro benzene ring substituents is 1. The molecule has 1 saturated heterocycles. The molecule has 1 aromatic carbocycles. The van der Waals surface area contributed by atoms with E-state index in [2.05, 4.69) is 0 Å². The maximum atomic E-state index is 12.2. The van der Waals surface area contributed by atoms with Gasteiger partial charge >= 0.3 is 6.18 Å². The highest BCUT2D eigenvalue weighted by atomic mass is 19.4. The molecule has 4 nitrogen and oxygen atoms in total. The molecule has 0 aliphatic carbocycles. The fourth-order valence-electron chi connectivity index (χ4n) is 1.68. The summed E-state index contributed by atoms with van der Waals surface area (Å²) in [5, 5.41) is 10.4. The quantitative estimate of drug-likeness (QED) is 0.595. The predicted molar refractivity (Wildman–Crippen MR) is 54.9 cm³/mol. The van der Waals surface area contributed by atoms with E-state index in [9.17, 15) is 23.3 Å². The van der Waals surface area contributed by atoms with Crippen LogP contribution in [0.2, 0.25) is 0 Å². The summed E-state index contributed by atoms with van der Waals surface area (Å²) < 4.78 is 36.7. The Bertz CT molecular complexity index is 424. The highest BCUT2D eigenvalue weighted by molar-refractivity contribution is 5.52. The van der Waals surface area contributed by atoms with Crippen molar-refractivity contribution in [3.8, 4) is 0 Å². The van der Waals surface area contributed by atoms with E-state index in [4.69, 9.17) is 0 Å². The second kappa shape index (κ2) is 3.90. The van der Waals surface area contributed by atoms with Gasteiger partial charge in [0, 0.05) is 30.9 Å². The Hall–Kier alpha value is -1.79. The molecule has 1 heterocycles. The third-order valence-electron chi connectivity index (χ3n) is 2.77. The van der Waals surface area contributed by atoms with Crippen LogP contribution < -0.4 is 4.90 Å². The molecule has 0 amide bonds. The van der Waals surface area contributed by atoms with Gasteiger partial charge in [-0.15, -0.1) is 0 Å². The van der Waals surface area contributed by atoms with E-state index in [0.29, 0.717) is 5.69 Å². The van der Waals surface area contributed by atoms with Crippen LogP contribution in [-0.4, -0.2) is 24.2 Å². The number of anilines is 1. The average Bonchev–Trinajstić information content (AvgIpc) is 2.13. The van der Waals surface area contributed by atoms with Gasteiger partial charge in [0.1, 0.15) is 0 Å². The molecule has 2 rings (SSSR count). The number of hydrogen-bond donors (Lipinski definition) is 0. The van der Waals surface area contributed by atoms with Gasteiger partial charge in [-0.3, -0.25) is 10.1 Å². The molecule has 0 radical (unpaired) electrons. The van der Waals surface area contributed by atoms with Crippen molar-refractivity contribution in [3.05, 3.63) is 34.4 Å². The van der Waals surface area contributed by atoms with Crippen molar-refractivity contribution in [1.29, 1.82) is 0 Å². The van der Waals surface area contributed by atoms with E-state index >= 15 is 0 Å². The molecule has 1 aromatic rings. The molecule has 1 fully saturated rings. The van der Waals surface area contributed by atoms with Crippen LogP contribution in [0.15, 0.2) is 24.3 Å². The first-order chi connectivity index (χ1) is 7.88. The van der Waals surface area contributed by atoms with Gasteiger partial charge in [0.05, 0.1) is 10.8 Å². The lowest BCUT2D eigenvalue weighted by atomic mass is 9.99. The summed E-state index contributed by atoms with van der Waals surface area (Å²) in [4.78, 5) is 11.4. The van der Waals surface area contributed by atoms with Gasteiger partial charge < -0.3 is 4.90 Å². The van der Waals surface area contributed by atoms with E-state index in [1.54, 1.807) is 4.90 Å². The molecule has 1 aliphatic rings. The van der Waals surface area contributed by atoms with Crippen LogP contribution in [0, 0.1) is 16.0 Å². The summed E-state index contributed by atoms with van der Waals surface area (Å²) in [7, 11) is 0. The van der Waals surface area contributed by atoms with Crippen LogP contribution in [-0.2, 0) is 0 Å². The number of rotatable bonds is 2. The van der Waals surface area contributed by atoms with Crippen molar-refractivity contribution < 1.29 is 18.1 Å². The van der Waals surface area contributed by atoms with E-state index in [1.807, 2.05) is 0 Å². The second-order valence-electron chi connectivity index (χ2n) is 3.92. The lowest BCUT2D eigenvalue weighted by Crippen LogP contribution is -2.53. The summed E-state index contributed by atoms with van der Waals surface area (Å²) in [6.45, 7) is -0.164. The monoisotopic (exact) mass is 246 g/mol. The largest absolute Gasteiger partial charge is 0.395 e. The maximum absolute atomic E-state index is 12.2. The minimum Gasteiger partial charge on any atom is -0.370 e. The molecule has 0 atom stereocenters. The molecular formula is C10H9F3N2O2. The molecule has 1 aliphatic heterocycles. The fourth-order valence-corrected chi connectivity index (χ4v) is 1.68. The topological polar surface area (TPSA) is 46.4 Å². The van der Waals surface area contributed by atoms with Gasteiger partial charge in [0.2, 0.25) is 0 Å². The van der Waals surface area contributed by atoms with Crippen LogP contribution in [0.4, 0.5) is 24.5 Å². The van der Waals surface area contributed by atoms with Gasteiger partial charge in [0.15, 0.2) is 0 Å². The van der Waals surface area contributed by atoms with Crippen molar-refractivity contribution >= 4 is 11.4 Å². The SMILES string of the molecule is O=[N+]([O-])c1ccc(N2CC(C(F)(F)F)C2)cc1. The van der Waals surface area contributed by atoms with E-state index < -0.39 is 17.0 Å². The maximum Gasteiger partial charge on any atom is 0.395 e. The zero-order valence-electron chi connectivity index (χ0n) is 8.65. The number of benzene rings is 1. The highest BCUT2D eigenvalue weighted by Crippen LogP contribution is 2.36. The summed E-state index contributed by atoms with van der Waals surface area (Å²) >= 11 is 0. The Morgan fingerprint density at radius 3 is 2.18 bits per heavy atom. The fraction of sp³-hybridized carbons (Fsp3) is 0.400. The molecule has 0 unspecified atom stereocenters. The zero-order chi connectivity index (χ0) is 12.6. The number of halogens is 3. The molecule has 0 saturated carbocycles. The first-order valence-electron chi connectivity index (χ1n) is 4.94. The van der Waals surface area contributed by atoms with Crippen LogP contribution >= 0.6 is 0 Å². The summed E-state index contributed by atoms with van der Waals surface area (Å²) in [5.41, 5.74) is 0.512. The minimum absolute atomic E-state index is 0.0679. The average molecular weight is 246 g/mol. The minimum atomic E-state index is -4.16. The Kier molecular flexibility index (Phi) is 2.68. The summed E-state index contributed by atoms with van der Waals surface area (Å²) in [5.74, 6) is -1.29. The van der Waals surface area contributed by atoms with Crippen LogP contribution in [0.3, 0.4) is 0 Å². The highest BCUT2D eigenvalue weighted by Gasteiger charge is 2.47. The Balaban J connectivity index is 2.00. The predicted octanol–water partition coefficient (Wildman–Crippen LogP) is 2.59. The lowest BCUT2D eigenvalue weighted by Gasteiger charge is -2.41. The lowest BCUT2D eigenvalue weighted by molar-refractivity contribution is -0.384. The number of hydrogen-bond acceptors (Lipinski definition) is 3. The molecule has 0 spiro atoms. The molecule has 17 heavy (non-hydrogen) atoms. The standard InChI is InChI=1S/C10H9F3N2O2/c11-10(12,13)7-5-14(6-7)8-1-3-9(4-2-8)15(16)17/h1-4,7H,5-6H2. The molecular weight excluding hydrogens is 237 g/mol. The van der Waals surface area contributed by atoms with Crippen LogP contribution in [0.1, 0.15) is 0 Å². The summed E-state index contributed by atoms with van der Waals surface area (Å²) in [6.07, 6.45) is -4.16. The van der Waals surface area contributed by atoms with Gasteiger partial charge in [-0.2, -0.15) is 13.2 Å². The summed E-state index contributed by atoms with van der Waals surface area (Å²) in [6, 6.07) is 5.50. The Morgan fingerprint density at radius 2 is 1.76 bits per heavy atom. The smallest absolute Gasteiger partial charge is 0.370 e. The van der Waals surface area contributed by atoms with Gasteiger partial charge in [-0.1, -0.05) is 0 Å². The first-order valence-corrected chi connectivity index (χ1v) is 4.94. The number of nitro groups is 1. The van der Waals surface area contributed by atoms with Crippen molar-refractivity contribution in [2.45, 2.75) is 6.18 Å². The molecule has 0 N–H and O–H groups in total. The normalized spacial score (nSPS) is 16.8. The Labute approximate surface area is 94.8 Å². The number of alkyl halides is 3. The molecule has 92 valence electrons. The van der Waals surface area contributed by atoms with Crippen LogP contribution in [0.25, 0.3) is 0 Å². The van der Waals surface area contributed by atoms with Gasteiger partial charge in [-0.25, -0.2) is 0 Å². The second-order valence-corrected chi connectivity index (χ2v) is 3.92. The molecule has 0 aromatic heterocycles. The number of non-ortho nitro benzene ring substituents is 1. The molecule has 0 bridgehead atoms. The van der Waals surface area contributed by atoms with Crippen LogP contribution in [0.5, 0.6) is 0 Å². The molecule has 7 heteroatoms. The van der Waals surface area contributed by atoms with Crippen molar-refractivity contribution in [2.24, 2.45) is 5.92 Å².